The Morgan fingerprint density at radius 3 is 2.32 bits per heavy atom. The van der Waals surface area contributed by atoms with Crippen molar-refractivity contribution in [3.63, 3.8) is 0 Å². The van der Waals surface area contributed by atoms with Crippen molar-refractivity contribution in [1.29, 1.82) is 0 Å². The lowest BCUT2D eigenvalue weighted by molar-refractivity contribution is -0.127. The minimum atomic E-state index is -3.52. The number of hydrogen-bond acceptors (Lipinski definition) is 4. The van der Waals surface area contributed by atoms with E-state index >= 15 is 0 Å². The quantitative estimate of drug-likeness (QED) is 0.579. The normalized spacial score (nSPS) is 15.8. The van der Waals surface area contributed by atoms with Gasteiger partial charge in [0.05, 0.1) is 11.2 Å². The topological polar surface area (TPSA) is 70.6 Å². The van der Waals surface area contributed by atoms with Crippen LogP contribution >= 0.6 is 0 Å². The molecule has 2 aromatic carbocycles. The predicted octanol–water partition coefficient (Wildman–Crippen LogP) is 3.39. The summed E-state index contributed by atoms with van der Waals surface area (Å²) in [6.07, 6.45) is 4.78. The summed E-state index contributed by atoms with van der Waals surface area (Å²) in [4.78, 5) is 18.7. The largest absolute Gasteiger partial charge is 0.337 e. The number of rotatable bonds is 5. The van der Waals surface area contributed by atoms with E-state index in [1.165, 1.54) is 15.8 Å². The fourth-order valence-electron chi connectivity index (χ4n) is 3.41. The van der Waals surface area contributed by atoms with Crippen LogP contribution in [0.25, 0.3) is 23.1 Å². The summed E-state index contributed by atoms with van der Waals surface area (Å²) < 4.78 is 26.5. The van der Waals surface area contributed by atoms with E-state index in [-0.39, 0.29) is 19.0 Å². The van der Waals surface area contributed by atoms with Gasteiger partial charge in [-0.25, -0.2) is 13.4 Å². The van der Waals surface area contributed by atoms with Crippen LogP contribution in [0.1, 0.15) is 11.3 Å². The number of hydrogen-bond donors (Lipinski definition) is 0. The molecule has 0 unspecified atom stereocenters. The first-order valence-electron chi connectivity index (χ1n) is 10.1. The van der Waals surface area contributed by atoms with Crippen molar-refractivity contribution in [2.24, 2.45) is 0 Å². The van der Waals surface area contributed by atoms with E-state index < -0.39 is 10.0 Å². The molecule has 2 heterocycles. The van der Waals surface area contributed by atoms with Crippen molar-refractivity contribution >= 4 is 39.0 Å². The van der Waals surface area contributed by atoms with Crippen molar-refractivity contribution in [3.8, 4) is 0 Å². The summed E-state index contributed by atoms with van der Waals surface area (Å²) in [5.41, 5.74) is 2.41. The number of aromatic nitrogens is 1. The molecule has 158 valence electrons. The van der Waals surface area contributed by atoms with Crippen molar-refractivity contribution in [1.82, 2.24) is 14.2 Å². The van der Waals surface area contributed by atoms with Crippen LogP contribution in [0.2, 0.25) is 0 Å². The lowest BCUT2D eigenvalue weighted by Gasteiger charge is -2.32. The van der Waals surface area contributed by atoms with Crippen LogP contribution in [0.3, 0.4) is 0 Å². The molecule has 0 atom stereocenters. The zero-order valence-electron chi connectivity index (χ0n) is 17.0. The Labute approximate surface area is 182 Å². The molecule has 0 bridgehead atoms. The van der Waals surface area contributed by atoms with Gasteiger partial charge in [-0.05, 0) is 29.8 Å². The summed E-state index contributed by atoms with van der Waals surface area (Å²) in [5.74, 6) is -0.146. The number of nitrogens with zero attached hydrogens (tertiary/aromatic N) is 3. The molecule has 1 amide bonds. The SMILES string of the molecule is O=C(C=Cc1ccc2ccccc2n1)N1CCN(S(=O)(=O)C=Cc2ccccc2)CC1. The van der Waals surface area contributed by atoms with Gasteiger partial charge < -0.3 is 4.90 Å². The molecule has 6 nitrogen and oxygen atoms in total. The Balaban J connectivity index is 1.34. The number of piperazine rings is 1. The number of carbonyl (C=O) groups excluding carboxylic acids is 1. The van der Waals surface area contributed by atoms with Crippen LogP contribution < -0.4 is 0 Å². The second kappa shape index (κ2) is 9.24. The second-order valence-corrected chi connectivity index (χ2v) is 9.06. The Hall–Kier alpha value is -3.29. The van der Waals surface area contributed by atoms with Gasteiger partial charge in [-0.2, -0.15) is 4.31 Å². The zero-order chi connectivity index (χ0) is 21.7. The third-order valence-electron chi connectivity index (χ3n) is 5.16. The first kappa shape index (κ1) is 21.0. The fraction of sp³-hybridized carbons (Fsp3) is 0.167. The Morgan fingerprint density at radius 2 is 1.55 bits per heavy atom. The van der Waals surface area contributed by atoms with E-state index in [1.807, 2.05) is 66.7 Å². The molecule has 0 aliphatic carbocycles. The van der Waals surface area contributed by atoms with E-state index in [9.17, 15) is 13.2 Å². The molecule has 1 aromatic heterocycles. The lowest BCUT2D eigenvalue weighted by atomic mass is 10.2. The van der Waals surface area contributed by atoms with Gasteiger partial charge in [-0.3, -0.25) is 4.79 Å². The minimum Gasteiger partial charge on any atom is -0.337 e. The predicted molar refractivity (Wildman–Crippen MR) is 123 cm³/mol. The Bertz CT molecular complexity index is 1230. The molecule has 4 rings (SSSR count). The summed E-state index contributed by atoms with van der Waals surface area (Å²) >= 11 is 0. The van der Waals surface area contributed by atoms with Crippen LogP contribution in [0.5, 0.6) is 0 Å². The number of carbonyl (C=O) groups is 1. The van der Waals surface area contributed by atoms with Gasteiger partial charge in [-0.1, -0.05) is 54.6 Å². The molecule has 1 aliphatic rings. The van der Waals surface area contributed by atoms with E-state index in [0.29, 0.717) is 18.8 Å². The van der Waals surface area contributed by atoms with Crippen LogP contribution in [-0.2, 0) is 14.8 Å². The van der Waals surface area contributed by atoms with Gasteiger partial charge in [0, 0.05) is 43.0 Å². The van der Waals surface area contributed by atoms with Crippen LogP contribution in [0.4, 0.5) is 0 Å². The molecule has 1 fully saturated rings. The summed E-state index contributed by atoms with van der Waals surface area (Å²) in [6, 6.07) is 20.9. The van der Waals surface area contributed by atoms with Gasteiger partial charge >= 0.3 is 0 Å². The summed E-state index contributed by atoms with van der Waals surface area (Å²) in [6.45, 7) is 1.25. The van der Waals surface area contributed by atoms with Crippen molar-refractivity contribution in [2.75, 3.05) is 26.2 Å². The highest BCUT2D eigenvalue weighted by atomic mass is 32.2. The molecule has 31 heavy (non-hydrogen) atoms. The van der Waals surface area contributed by atoms with Gasteiger partial charge in [0.2, 0.25) is 15.9 Å². The highest BCUT2D eigenvalue weighted by Crippen LogP contribution is 2.14. The summed E-state index contributed by atoms with van der Waals surface area (Å²) in [5, 5.41) is 2.27. The number of benzene rings is 2. The van der Waals surface area contributed by atoms with Gasteiger partial charge in [0.15, 0.2) is 0 Å². The smallest absolute Gasteiger partial charge is 0.246 e. The van der Waals surface area contributed by atoms with Gasteiger partial charge in [-0.15, -0.1) is 0 Å². The van der Waals surface area contributed by atoms with Gasteiger partial charge in [0.25, 0.3) is 0 Å². The molecule has 0 spiro atoms. The highest BCUT2D eigenvalue weighted by Gasteiger charge is 2.26. The van der Waals surface area contributed by atoms with Gasteiger partial charge in [0.1, 0.15) is 0 Å². The van der Waals surface area contributed by atoms with Crippen molar-refractivity contribution in [3.05, 3.63) is 89.5 Å². The maximum Gasteiger partial charge on any atom is 0.246 e. The molecular weight excluding hydrogens is 410 g/mol. The minimum absolute atomic E-state index is 0.146. The van der Waals surface area contributed by atoms with Crippen LogP contribution in [-0.4, -0.2) is 54.7 Å². The first-order chi connectivity index (χ1) is 15.0. The average Bonchev–Trinajstić information content (AvgIpc) is 2.82. The third kappa shape index (κ3) is 5.25. The number of pyridine rings is 1. The van der Waals surface area contributed by atoms with E-state index in [1.54, 1.807) is 17.1 Å². The monoisotopic (exact) mass is 433 g/mol. The Kier molecular flexibility index (Phi) is 6.25. The van der Waals surface area contributed by atoms with Crippen molar-refractivity contribution < 1.29 is 13.2 Å². The number of amides is 1. The Morgan fingerprint density at radius 1 is 0.839 bits per heavy atom. The molecule has 0 saturated carbocycles. The van der Waals surface area contributed by atoms with E-state index in [2.05, 4.69) is 4.98 Å². The summed E-state index contributed by atoms with van der Waals surface area (Å²) in [7, 11) is -3.52. The molecule has 1 saturated heterocycles. The van der Waals surface area contributed by atoms with Crippen LogP contribution in [0, 0.1) is 0 Å². The first-order valence-corrected chi connectivity index (χ1v) is 11.6. The number of fused-ring (bicyclic) bond motifs is 1. The highest BCUT2D eigenvalue weighted by molar-refractivity contribution is 7.92. The third-order valence-corrected chi connectivity index (χ3v) is 6.72. The fourth-order valence-corrected chi connectivity index (χ4v) is 4.59. The van der Waals surface area contributed by atoms with Crippen molar-refractivity contribution in [2.45, 2.75) is 0 Å². The second-order valence-electron chi connectivity index (χ2n) is 7.24. The molecule has 0 N–H and O–H groups in total. The number of sulfonamides is 1. The zero-order valence-corrected chi connectivity index (χ0v) is 17.8. The van der Waals surface area contributed by atoms with E-state index in [0.717, 1.165) is 16.5 Å². The number of para-hydroxylation sites is 1. The molecule has 7 heteroatoms. The molecule has 0 radical (unpaired) electrons. The maximum atomic E-state index is 12.6. The average molecular weight is 434 g/mol. The standard InChI is InChI=1S/C24H23N3O3S/c28-24(13-12-22-11-10-21-8-4-5-9-23(21)25-22)26-15-17-27(18-16-26)31(29,30)19-14-20-6-2-1-3-7-20/h1-14,19H,15-18H2. The van der Waals surface area contributed by atoms with E-state index in [4.69, 9.17) is 0 Å². The molecular formula is C24H23N3O3S. The lowest BCUT2D eigenvalue weighted by Crippen LogP contribution is -2.49. The molecule has 3 aromatic rings. The molecule has 1 aliphatic heterocycles. The van der Waals surface area contributed by atoms with Crippen LogP contribution in [0.15, 0.2) is 78.2 Å². The maximum absolute atomic E-state index is 12.6.